The average molecular weight is 539 g/mol. The molecule has 7 nitrogen and oxygen atoms in total. The Balaban J connectivity index is 0.00000181. The maximum Gasteiger partial charge on any atom is 0.238 e. The van der Waals surface area contributed by atoms with Gasteiger partial charge in [-0.15, -0.1) is 0 Å². The number of carbonyl (C=O) groups is 1. The van der Waals surface area contributed by atoms with Crippen molar-refractivity contribution in [3.05, 3.63) is 90.8 Å². The molecule has 1 amide bonds. The number of nitrogens with zero attached hydrogens (tertiary/aromatic N) is 3. The lowest BCUT2D eigenvalue weighted by molar-refractivity contribution is -0.117. The summed E-state index contributed by atoms with van der Waals surface area (Å²) in [4.78, 5) is 18.9. The van der Waals surface area contributed by atoms with Gasteiger partial charge in [-0.2, -0.15) is 0 Å². The van der Waals surface area contributed by atoms with Crippen LogP contribution in [-0.2, 0) is 17.8 Å². The molecule has 3 aromatic rings. The SMILES string of the molecule is C=C/C=C(\C=C(/C)F)Cc1cncn1CCN(CCO)CC(=O)Nc1cccc2ccc(O)cc12.CC.CC. The Labute approximate surface area is 232 Å². The number of aromatic nitrogens is 2. The molecule has 39 heavy (non-hydrogen) atoms. The number of imidazole rings is 1. The Morgan fingerprint density at radius 1 is 1.18 bits per heavy atom. The van der Waals surface area contributed by atoms with Gasteiger partial charge in [-0.25, -0.2) is 9.37 Å². The van der Waals surface area contributed by atoms with Crippen LogP contribution in [0.25, 0.3) is 10.8 Å². The Bertz CT molecular complexity index is 1230. The summed E-state index contributed by atoms with van der Waals surface area (Å²) in [7, 11) is 0. The molecule has 3 rings (SSSR count). The number of allylic oxidation sites excluding steroid dienone is 5. The third-order valence-corrected chi connectivity index (χ3v) is 5.48. The van der Waals surface area contributed by atoms with Gasteiger partial charge in [0.05, 0.1) is 25.3 Å². The third-order valence-electron chi connectivity index (χ3n) is 5.48. The van der Waals surface area contributed by atoms with Gasteiger partial charge in [0, 0.05) is 49.0 Å². The molecule has 212 valence electrons. The fourth-order valence-electron chi connectivity index (χ4n) is 3.89. The normalized spacial score (nSPS) is 11.4. The van der Waals surface area contributed by atoms with E-state index in [2.05, 4.69) is 16.9 Å². The Morgan fingerprint density at radius 2 is 1.92 bits per heavy atom. The first-order chi connectivity index (χ1) is 18.9. The van der Waals surface area contributed by atoms with E-state index in [0.717, 1.165) is 22.0 Å². The summed E-state index contributed by atoms with van der Waals surface area (Å²) in [5.74, 6) is -0.383. The first kappa shape index (κ1) is 33.3. The minimum absolute atomic E-state index is 0.0843. The Hall–Kier alpha value is -3.75. The second-order valence-corrected chi connectivity index (χ2v) is 8.22. The molecule has 2 aromatic carbocycles. The number of hydrogen-bond acceptors (Lipinski definition) is 5. The lowest BCUT2D eigenvalue weighted by atomic mass is 10.1. The molecular formula is C31H43FN4O3. The fourth-order valence-corrected chi connectivity index (χ4v) is 3.89. The van der Waals surface area contributed by atoms with E-state index in [0.29, 0.717) is 31.7 Å². The van der Waals surface area contributed by atoms with Crippen molar-refractivity contribution in [1.82, 2.24) is 14.5 Å². The minimum Gasteiger partial charge on any atom is -0.508 e. The van der Waals surface area contributed by atoms with Gasteiger partial charge in [0.2, 0.25) is 5.91 Å². The number of benzene rings is 2. The largest absolute Gasteiger partial charge is 0.508 e. The number of fused-ring (bicyclic) bond motifs is 1. The smallest absolute Gasteiger partial charge is 0.238 e. The molecule has 3 N–H and O–H groups in total. The molecular weight excluding hydrogens is 495 g/mol. The maximum atomic E-state index is 13.4. The van der Waals surface area contributed by atoms with Crippen LogP contribution in [0, 0.1) is 0 Å². The highest BCUT2D eigenvalue weighted by Gasteiger charge is 2.13. The molecule has 0 saturated carbocycles. The zero-order valence-electron chi connectivity index (χ0n) is 23.8. The summed E-state index contributed by atoms with van der Waals surface area (Å²) in [5.41, 5.74) is 2.29. The van der Waals surface area contributed by atoms with Crippen molar-refractivity contribution in [1.29, 1.82) is 0 Å². The van der Waals surface area contributed by atoms with Crippen molar-refractivity contribution < 1.29 is 19.4 Å². The van der Waals surface area contributed by atoms with Crippen molar-refractivity contribution in [2.24, 2.45) is 0 Å². The van der Waals surface area contributed by atoms with Crippen molar-refractivity contribution in [2.75, 3.05) is 31.6 Å². The molecule has 1 heterocycles. The zero-order chi connectivity index (χ0) is 29.2. The third kappa shape index (κ3) is 11.3. The van der Waals surface area contributed by atoms with E-state index in [-0.39, 0.29) is 30.6 Å². The summed E-state index contributed by atoms with van der Waals surface area (Å²) in [6, 6.07) is 10.6. The van der Waals surface area contributed by atoms with Crippen LogP contribution in [0.5, 0.6) is 5.75 Å². The van der Waals surface area contributed by atoms with Gasteiger partial charge in [0.25, 0.3) is 0 Å². The number of nitrogens with one attached hydrogen (secondary N) is 1. The number of aromatic hydroxyl groups is 1. The number of anilines is 1. The summed E-state index contributed by atoms with van der Waals surface area (Å²) < 4.78 is 15.4. The average Bonchev–Trinajstić information content (AvgIpc) is 3.36. The molecule has 8 heteroatoms. The van der Waals surface area contributed by atoms with Gasteiger partial charge in [-0.1, -0.05) is 64.6 Å². The molecule has 0 atom stereocenters. The summed E-state index contributed by atoms with van der Waals surface area (Å²) in [6.45, 7) is 14.5. The molecule has 0 aliphatic rings. The highest BCUT2D eigenvalue weighted by atomic mass is 19.1. The molecule has 0 unspecified atom stereocenters. The minimum atomic E-state index is -0.286. The highest BCUT2D eigenvalue weighted by Crippen LogP contribution is 2.27. The lowest BCUT2D eigenvalue weighted by Crippen LogP contribution is -2.37. The molecule has 1 aromatic heterocycles. The van der Waals surface area contributed by atoms with Crippen LogP contribution in [0.3, 0.4) is 0 Å². The van der Waals surface area contributed by atoms with Crippen LogP contribution < -0.4 is 5.32 Å². The number of phenolic OH excluding ortho intramolecular Hbond substituents is 1. The van der Waals surface area contributed by atoms with Crippen LogP contribution in [0.4, 0.5) is 10.1 Å². The highest BCUT2D eigenvalue weighted by molar-refractivity contribution is 6.03. The van der Waals surface area contributed by atoms with E-state index in [1.807, 2.05) is 49.3 Å². The quantitative estimate of drug-likeness (QED) is 0.237. The van der Waals surface area contributed by atoms with Crippen molar-refractivity contribution in [2.45, 2.75) is 47.6 Å². The fraction of sp³-hybridized carbons (Fsp3) is 0.355. The second-order valence-electron chi connectivity index (χ2n) is 8.22. The molecule has 0 aliphatic carbocycles. The number of halogens is 1. The van der Waals surface area contributed by atoms with Gasteiger partial charge in [-0.05, 0) is 42.2 Å². The molecule has 0 bridgehead atoms. The molecule has 0 saturated heterocycles. The van der Waals surface area contributed by atoms with E-state index < -0.39 is 0 Å². The number of amides is 1. The number of hydrogen-bond donors (Lipinski definition) is 3. The predicted octanol–water partition coefficient (Wildman–Crippen LogP) is 6.26. The van der Waals surface area contributed by atoms with E-state index in [1.54, 1.807) is 48.9 Å². The first-order valence-electron chi connectivity index (χ1n) is 13.4. The summed E-state index contributed by atoms with van der Waals surface area (Å²) >= 11 is 0. The van der Waals surface area contributed by atoms with Gasteiger partial charge in [0.1, 0.15) is 5.75 Å². The summed E-state index contributed by atoms with van der Waals surface area (Å²) in [5, 5.41) is 23.9. The van der Waals surface area contributed by atoms with Crippen LogP contribution in [-0.4, -0.2) is 56.8 Å². The number of rotatable bonds is 12. The standard InChI is InChI=1S/C27H31FN4O3.2C2H6/c1-3-5-21(14-20(2)28)15-23-17-29-19-32(23)11-10-31(12-13-33)18-27(35)30-26-7-4-6-22-8-9-24(34)16-25(22)26;2*1-2/h3-9,14,16-17,19,33-34H,1,10-13,15,18H2,2H3,(H,30,35);2*1-2H3/b20-14+,21-5+;;. The monoisotopic (exact) mass is 538 g/mol. The number of phenols is 1. The summed E-state index contributed by atoms with van der Waals surface area (Å²) in [6.07, 6.45) is 8.77. The first-order valence-corrected chi connectivity index (χ1v) is 13.4. The van der Waals surface area contributed by atoms with E-state index in [9.17, 15) is 19.4 Å². The maximum absolute atomic E-state index is 13.4. The van der Waals surface area contributed by atoms with Crippen LogP contribution in [0.15, 0.2) is 85.1 Å². The molecule has 0 fully saturated rings. The van der Waals surface area contributed by atoms with Crippen molar-refractivity contribution in [3.8, 4) is 5.75 Å². The van der Waals surface area contributed by atoms with Crippen LogP contribution >= 0.6 is 0 Å². The topological polar surface area (TPSA) is 90.6 Å². The predicted molar refractivity (Wildman–Crippen MR) is 160 cm³/mol. The molecule has 0 aliphatic heterocycles. The number of aliphatic hydroxyl groups is 1. The molecule has 0 radical (unpaired) electrons. The van der Waals surface area contributed by atoms with Gasteiger partial charge in [0.15, 0.2) is 0 Å². The van der Waals surface area contributed by atoms with Crippen LogP contribution in [0.2, 0.25) is 0 Å². The Morgan fingerprint density at radius 3 is 2.59 bits per heavy atom. The van der Waals surface area contributed by atoms with E-state index >= 15 is 0 Å². The van der Waals surface area contributed by atoms with Gasteiger partial charge in [-0.3, -0.25) is 9.69 Å². The van der Waals surface area contributed by atoms with Crippen LogP contribution in [0.1, 0.15) is 40.3 Å². The lowest BCUT2D eigenvalue weighted by Gasteiger charge is -2.22. The van der Waals surface area contributed by atoms with E-state index in [4.69, 9.17) is 0 Å². The number of carbonyl (C=O) groups excluding carboxylic acids is 1. The van der Waals surface area contributed by atoms with Crippen molar-refractivity contribution in [3.63, 3.8) is 0 Å². The Kier molecular flexibility index (Phi) is 15.8. The van der Waals surface area contributed by atoms with E-state index in [1.165, 1.54) is 13.0 Å². The number of aliphatic hydroxyl groups excluding tert-OH is 1. The van der Waals surface area contributed by atoms with Gasteiger partial charge >= 0.3 is 0 Å². The second kappa shape index (κ2) is 18.5. The zero-order valence-corrected chi connectivity index (χ0v) is 23.8. The van der Waals surface area contributed by atoms with Gasteiger partial charge < -0.3 is 20.1 Å². The molecule has 0 spiro atoms. The van der Waals surface area contributed by atoms with Crippen molar-refractivity contribution >= 4 is 22.4 Å².